The molecule has 0 unspecified atom stereocenters. The normalized spacial score (nSPS) is 11.1. The smallest absolute Gasteiger partial charge is 0.322 e. The average molecular weight is 311 g/mol. The summed E-state index contributed by atoms with van der Waals surface area (Å²) in [6.07, 6.45) is 0. The van der Waals surface area contributed by atoms with Crippen LogP contribution in [0.1, 0.15) is 31.5 Å². The number of nitrogens with one attached hydrogen (secondary N) is 1. The van der Waals surface area contributed by atoms with Crippen molar-refractivity contribution in [1.29, 1.82) is 0 Å². The summed E-state index contributed by atoms with van der Waals surface area (Å²) in [7, 11) is 1.80. The van der Waals surface area contributed by atoms with Crippen molar-refractivity contribution >= 4 is 23.7 Å². The molecular weight excluding hydrogens is 294 g/mol. The van der Waals surface area contributed by atoms with Gasteiger partial charge in [0.15, 0.2) is 5.16 Å². The van der Waals surface area contributed by atoms with Crippen LogP contribution in [0, 0.1) is 0 Å². The molecule has 3 N–H and O–H groups in total. The first-order valence-electron chi connectivity index (χ1n) is 6.35. The molecule has 0 saturated carbocycles. The van der Waals surface area contributed by atoms with Crippen molar-refractivity contribution in [2.75, 3.05) is 11.1 Å². The lowest BCUT2D eigenvalue weighted by Gasteiger charge is -2.02. The summed E-state index contributed by atoms with van der Waals surface area (Å²) in [5.74, 6) is 1.17. The van der Waals surface area contributed by atoms with Crippen LogP contribution in [0.15, 0.2) is 9.57 Å². The molecule has 2 aromatic heterocycles. The molecule has 0 atom stereocenters. The molecule has 0 saturated heterocycles. The van der Waals surface area contributed by atoms with Crippen LogP contribution >= 0.6 is 11.8 Å². The Balaban J connectivity index is 1.88. The third kappa shape index (κ3) is 3.79. The Morgan fingerprint density at radius 2 is 2.14 bits per heavy atom. The monoisotopic (exact) mass is 311 g/mol. The fourth-order valence-electron chi connectivity index (χ4n) is 1.45. The number of carbonyl (C=O) groups excluding carboxylic acids is 1. The average Bonchev–Trinajstić information content (AvgIpc) is 3.03. The Labute approximate surface area is 125 Å². The zero-order chi connectivity index (χ0) is 15.4. The number of rotatable bonds is 6. The number of carbonyl (C=O) groups is 1. The van der Waals surface area contributed by atoms with Crippen LogP contribution in [0.2, 0.25) is 0 Å². The van der Waals surface area contributed by atoms with Crippen LogP contribution in [0.3, 0.4) is 0 Å². The second-order valence-electron chi connectivity index (χ2n) is 4.60. The van der Waals surface area contributed by atoms with E-state index in [1.165, 1.54) is 11.8 Å². The van der Waals surface area contributed by atoms with Crippen molar-refractivity contribution in [3.05, 3.63) is 11.7 Å². The van der Waals surface area contributed by atoms with E-state index in [-0.39, 0.29) is 23.6 Å². The fourth-order valence-corrected chi connectivity index (χ4v) is 2.18. The van der Waals surface area contributed by atoms with E-state index >= 15 is 0 Å². The highest BCUT2D eigenvalue weighted by Crippen LogP contribution is 2.17. The van der Waals surface area contributed by atoms with Crippen molar-refractivity contribution in [2.24, 2.45) is 12.8 Å². The largest absolute Gasteiger partial charge is 0.408 e. The van der Waals surface area contributed by atoms with Gasteiger partial charge in [-0.25, -0.2) is 0 Å². The molecule has 0 bridgehead atoms. The van der Waals surface area contributed by atoms with Gasteiger partial charge < -0.3 is 14.7 Å². The van der Waals surface area contributed by atoms with Crippen LogP contribution in [-0.2, 0) is 18.4 Å². The quantitative estimate of drug-likeness (QED) is 0.739. The lowest BCUT2D eigenvalue weighted by Crippen LogP contribution is -2.15. The molecule has 0 aromatic carbocycles. The molecule has 9 nitrogen and oxygen atoms in total. The summed E-state index contributed by atoms with van der Waals surface area (Å²) in [5.41, 5.74) is 5.51. The highest BCUT2D eigenvalue weighted by molar-refractivity contribution is 7.99. The highest BCUT2D eigenvalue weighted by atomic mass is 32.2. The first kappa shape index (κ1) is 15.4. The van der Waals surface area contributed by atoms with Crippen LogP contribution in [0.5, 0.6) is 0 Å². The molecule has 114 valence electrons. The number of hydrogen-bond acceptors (Lipinski definition) is 8. The van der Waals surface area contributed by atoms with Gasteiger partial charge in [0.1, 0.15) is 5.82 Å². The maximum absolute atomic E-state index is 11.8. The molecule has 0 aliphatic carbocycles. The van der Waals surface area contributed by atoms with Crippen molar-refractivity contribution in [3.63, 3.8) is 0 Å². The zero-order valence-corrected chi connectivity index (χ0v) is 12.8. The second-order valence-corrected chi connectivity index (χ2v) is 5.54. The summed E-state index contributed by atoms with van der Waals surface area (Å²) in [4.78, 5) is 11.8. The molecule has 2 aromatic rings. The molecule has 2 rings (SSSR count). The predicted molar refractivity (Wildman–Crippen MR) is 76.6 cm³/mol. The van der Waals surface area contributed by atoms with Crippen LogP contribution in [-0.4, -0.2) is 36.6 Å². The molecule has 0 aliphatic rings. The van der Waals surface area contributed by atoms with E-state index in [2.05, 4.69) is 25.7 Å². The third-order valence-electron chi connectivity index (χ3n) is 2.62. The molecule has 0 radical (unpaired) electrons. The van der Waals surface area contributed by atoms with Gasteiger partial charge >= 0.3 is 6.01 Å². The molecule has 0 spiro atoms. The van der Waals surface area contributed by atoms with E-state index in [0.29, 0.717) is 23.4 Å². The summed E-state index contributed by atoms with van der Waals surface area (Å²) in [6, 6.07) is 0.102. The Morgan fingerprint density at radius 3 is 2.71 bits per heavy atom. The minimum Gasteiger partial charge on any atom is -0.408 e. The Bertz CT molecular complexity index is 622. The predicted octanol–water partition coefficient (Wildman–Crippen LogP) is 0.511. The van der Waals surface area contributed by atoms with Gasteiger partial charge in [-0.3, -0.25) is 10.1 Å². The molecule has 1 amide bonds. The second kappa shape index (κ2) is 6.68. The van der Waals surface area contributed by atoms with Gasteiger partial charge in [0.2, 0.25) is 11.8 Å². The van der Waals surface area contributed by atoms with E-state index in [0.717, 1.165) is 0 Å². The summed E-state index contributed by atoms with van der Waals surface area (Å²) in [6.45, 7) is 4.16. The van der Waals surface area contributed by atoms with E-state index in [1.807, 2.05) is 13.8 Å². The number of anilines is 1. The third-order valence-corrected chi connectivity index (χ3v) is 3.64. The summed E-state index contributed by atoms with van der Waals surface area (Å²) < 4.78 is 7.05. The van der Waals surface area contributed by atoms with E-state index < -0.39 is 0 Å². The van der Waals surface area contributed by atoms with Crippen molar-refractivity contribution in [3.8, 4) is 0 Å². The fraction of sp³-hybridized carbons (Fsp3) is 0.545. The molecule has 0 aliphatic heterocycles. The summed E-state index contributed by atoms with van der Waals surface area (Å²) >= 11 is 1.26. The lowest BCUT2D eigenvalue weighted by atomic mass is 10.2. The van der Waals surface area contributed by atoms with Gasteiger partial charge in [-0.15, -0.1) is 15.3 Å². The molecule has 0 fully saturated rings. The van der Waals surface area contributed by atoms with Crippen molar-refractivity contribution in [1.82, 2.24) is 25.0 Å². The Hall–Kier alpha value is -1.94. The molecular formula is C11H17N7O2S. The Kier molecular flexibility index (Phi) is 4.91. The maximum Gasteiger partial charge on any atom is 0.322 e. The topological polar surface area (TPSA) is 125 Å². The Morgan fingerprint density at radius 1 is 1.38 bits per heavy atom. The standard InChI is InChI=1S/C11H17N7O2S/c1-6(2)9-15-16-10(20-9)13-8(19)5-21-11-17-14-7(4-12)18(11)3/h6H,4-5,12H2,1-3H3,(H,13,16,19). The van der Waals surface area contributed by atoms with Crippen LogP contribution < -0.4 is 11.1 Å². The summed E-state index contributed by atoms with van der Waals surface area (Å²) in [5, 5.41) is 18.6. The lowest BCUT2D eigenvalue weighted by molar-refractivity contribution is -0.113. The van der Waals surface area contributed by atoms with Gasteiger partial charge in [0, 0.05) is 13.0 Å². The highest BCUT2D eigenvalue weighted by Gasteiger charge is 2.14. The maximum atomic E-state index is 11.8. The number of nitrogens with zero attached hydrogens (tertiary/aromatic N) is 5. The number of thioether (sulfide) groups is 1. The van der Waals surface area contributed by atoms with Gasteiger partial charge in [0.05, 0.1) is 12.3 Å². The SMILES string of the molecule is CC(C)c1nnc(NC(=O)CSc2nnc(CN)n2C)o1. The minimum absolute atomic E-state index is 0.102. The minimum atomic E-state index is -0.253. The van der Waals surface area contributed by atoms with E-state index in [9.17, 15) is 4.79 Å². The van der Waals surface area contributed by atoms with Crippen LogP contribution in [0.4, 0.5) is 6.01 Å². The number of amides is 1. The van der Waals surface area contributed by atoms with Gasteiger partial charge in [-0.05, 0) is 0 Å². The number of hydrogen-bond donors (Lipinski definition) is 2. The van der Waals surface area contributed by atoms with E-state index in [4.69, 9.17) is 10.2 Å². The van der Waals surface area contributed by atoms with Crippen molar-refractivity contribution < 1.29 is 9.21 Å². The number of aromatic nitrogens is 5. The number of nitrogens with two attached hydrogens (primary N) is 1. The van der Waals surface area contributed by atoms with Gasteiger partial charge in [-0.1, -0.05) is 30.7 Å². The van der Waals surface area contributed by atoms with Gasteiger partial charge in [-0.2, -0.15) is 0 Å². The first-order valence-corrected chi connectivity index (χ1v) is 7.34. The first-order chi connectivity index (χ1) is 10.0. The molecule has 10 heteroatoms. The van der Waals surface area contributed by atoms with Crippen molar-refractivity contribution in [2.45, 2.75) is 31.5 Å². The van der Waals surface area contributed by atoms with Crippen LogP contribution in [0.25, 0.3) is 0 Å². The molecule has 21 heavy (non-hydrogen) atoms. The van der Waals surface area contributed by atoms with Gasteiger partial charge in [0.25, 0.3) is 0 Å². The van der Waals surface area contributed by atoms with E-state index in [1.54, 1.807) is 11.6 Å². The molecule has 2 heterocycles. The zero-order valence-electron chi connectivity index (χ0n) is 12.0.